The lowest BCUT2D eigenvalue weighted by Crippen LogP contribution is -2.46. The molecule has 3 aliphatic rings. The second kappa shape index (κ2) is 9.43. The molecule has 2 aliphatic heterocycles. The number of likely N-dealkylation sites (tertiary alicyclic amines) is 1. The average Bonchev–Trinajstić information content (AvgIpc) is 3.54. The number of fused-ring (bicyclic) bond motifs is 1. The van der Waals surface area contributed by atoms with E-state index in [0.717, 1.165) is 50.5 Å². The molecule has 166 valence electrons. The first kappa shape index (κ1) is 21.2. The SMILES string of the molecule is Cc1ccc(C(=O)N(CC2CCN(C3Cc4ccccc4C3)CC2)C[C@@H]2CCCO2)s1. The summed E-state index contributed by atoms with van der Waals surface area (Å²) in [4.78, 5) is 20.2. The second-order valence-corrected chi connectivity index (χ2v) is 10.9. The Labute approximate surface area is 190 Å². The quantitative estimate of drug-likeness (QED) is 0.663. The van der Waals surface area contributed by atoms with Gasteiger partial charge < -0.3 is 9.64 Å². The zero-order valence-corrected chi connectivity index (χ0v) is 19.4. The van der Waals surface area contributed by atoms with Gasteiger partial charge in [0.25, 0.3) is 5.91 Å². The minimum atomic E-state index is 0.197. The molecule has 2 fully saturated rings. The number of carbonyl (C=O) groups is 1. The Morgan fingerprint density at radius 2 is 1.81 bits per heavy atom. The number of benzene rings is 1. The molecule has 1 aromatic carbocycles. The topological polar surface area (TPSA) is 32.8 Å². The smallest absolute Gasteiger partial charge is 0.264 e. The van der Waals surface area contributed by atoms with Crippen molar-refractivity contribution in [2.24, 2.45) is 5.92 Å². The van der Waals surface area contributed by atoms with Crippen LogP contribution in [0.1, 0.15) is 51.4 Å². The molecule has 5 rings (SSSR count). The van der Waals surface area contributed by atoms with E-state index >= 15 is 0 Å². The number of amides is 1. The van der Waals surface area contributed by atoms with Crippen molar-refractivity contribution in [1.29, 1.82) is 0 Å². The van der Waals surface area contributed by atoms with Gasteiger partial charge in [-0.2, -0.15) is 0 Å². The van der Waals surface area contributed by atoms with E-state index in [4.69, 9.17) is 4.74 Å². The summed E-state index contributed by atoms with van der Waals surface area (Å²) in [5.41, 5.74) is 3.07. The molecular formula is C26H34N2O2S. The molecule has 0 unspecified atom stereocenters. The Kier molecular flexibility index (Phi) is 6.44. The van der Waals surface area contributed by atoms with Crippen molar-refractivity contribution in [1.82, 2.24) is 9.80 Å². The monoisotopic (exact) mass is 438 g/mol. The molecule has 4 nitrogen and oxygen atoms in total. The average molecular weight is 439 g/mol. The number of thiophene rings is 1. The fourth-order valence-corrected chi connectivity index (χ4v) is 6.42. The molecule has 0 N–H and O–H groups in total. The second-order valence-electron chi connectivity index (χ2n) is 9.57. The molecular weight excluding hydrogens is 404 g/mol. The highest BCUT2D eigenvalue weighted by Crippen LogP contribution is 2.29. The number of hydrogen-bond donors (Lipinski definition) is 0. The van der Waals surface area contributed by atoms with Crippen molar-refractivity contribution in [2.75, 3.05) is 32.8 Å². The fraction of sp³-hybridized carbons (Fsp3) is 0.577. The summed E-state index contributed by atoms with van der Waals surface area (Å²) >= 11 is 1.62. The lowest BCUT2D eigenvalue weighted by Gasteiger charge is -2.38. The van der Waals surface area contributed by atoms with E-state index in [1.165, 1.54) is 41.7 Å². The third-order valence-electron chi connectivity index (χ3n) is 7.36. The maximum absolute atomic E-state index is 13.3. The van der Waals surface area contributed by atoms with Crippen LogP contribution < -0.4 is 0 Å². The van der Waals surface area contributed by atoms with Crippen molar-refractivity contribution in [3.63, 3.8) is 0 Å². The van der Waals surface area contributed by atoms with Crippen LogP contribution in [0.2, 0.25) is 0 Å². The van der Waals surface area contributed by atoms with Crippen LogP contribution in [-0.2, 0) is 17.6 Å². The van der Waals surface area contributed by atoms with E-state index in [2.05, 4.69) is 47.1 Å². The molecule has 0 spiro atoms. The van der Waals surface area contributed by atoms with Gasteiger partial charge in [-0.25, -0.2) is 0 Å². The number of nitrogens with zero attached hydrogens (tertiary/aromatic N) is 2. The van der Waals surface area contributed by atoms with Crippen molar-refractivity contribution in [2.45, 2.75) is 57.6 Å². The predicted molar refractivity (Wildman–Crippen MR) is 126 cm³/mol. The Morgan fingerprint density at radius 3 is 2.42 bits per heavy atom. The van der Waals surface area contributed by atoms with Crippen LogP contribution >= 0.6 is 11.3 Å². The lowest BCUT2D eigenvalue weighted by molar-refractivity contribution is 0.0433. The molecule has 1 aromatic heterocycles. The highest BCUT2D eigenvalue weighted by atomic mass is 32.1. The summed E-state index contributed by atoms with van der Waals surface area (Å²) in [6.45, 7) is 6.84. The molecule has 2 saturated heterocycles. The van der Waals surface area contributed by atoms with Gasteiger partial charge in [-0.1, -0.05) is 24.3 Å². The third kappa shape index (κ3) is 4.89. The molecule has 0 bridgehead atoms. The predicted octanol–water partition coefficient (Wildman–Crippen LogP) is 4.56. The van der Waals surface area contributed by atoms with Gasteiger partial charge in [-0.15, -0.1) is 11.3 Å². The fourth-order valence-electron chi connectivity index (χ4n) is 5.59. The van der Waals surface area contributed by atoms with Gasteiger partial charge in [0.15, 0.2) is 0 Å². The number of carbonyl (C=O) groups excluding carboxylic acids is 1. The molecule has 0 radical (unpaired) electrons. The molecule has 5 heteroatoms. The van der Waals surface area contributed by atoms with Crippen LogP contribution in [-0.4, -0.2) is 60.6 Å². The van der Waals surface area contributed by atoms with E-state index in [9.17, 15) is 4.79 Å². The summed E-state index contributed by atoms with van der Waals surface area (Å²) in [7, 11) is 0. The van der Waals surface area contributed by atoms with Crippen LogP contribution in [0.3, 0.4) is 0 Å². The maximum Gasteiger partial charge on any atom is 0.264 e. The standard InChI is InChI=1S/C26H34N2O2S/c1-19-8-9-25(31-19)26(29)28(18-24-7-4-14-30-24)17-20-10-12-27(13-11-20)23-15-21-5-2-3-6-22(21)16-23/h2-3,5-6,8-9,20,23-24H,4,7,10-18H2,1H3/t24-/m0/s1. The van der Waals surface area contributed by atoms with Crippen molar-refractivity contribution >= 4 is 17.2 Å². The van der Waals surface area contributed by atoms with Crippen LogP contribution in [0.5, 0.6) is 0 Å². The molecule has 3 heterocycles. The first-order valence-electron chi connectivity index (χ1n) is 11.9. The number of rotatable bonds is 6. The summed E-state index contributed by atoms with van der Waals surface area (Å²) in [5, 5.41) is 0. The van der Waals surface area contributed by atoms with Gasteiger partial charge >= 0.3 is 0 Å². The lowest BCUT2D eigenvalue weighted by atomic mass is 9.94. The zero-order valence-electron chi connectivity index (χ0n) is 18.6. The first-order chi connectivity index (χ1) is 15.2. The number of aryl methyl sites for hydroxylation is 1. The van der Waals surface area contributed by atoms with E-state index in [-0.39, 0.29) is 12.0 Å². The number of hydrogen-bond acceptors (Lipinski definition) is 4. The molecule has 1 aliphatic carbocycles. The highest BCUT2D eigenvalue weighted by Gasteiger charge is 2.32. The van der Waals surface area contributed by atoms with Crippen molar-refractivity contribution in [3.05, 3.63) is 57.3 Å². The Balaban J connectivity index is 1.18. The molecule has 1 atom stereocenters. The van der Waals surface area contributed by atoms with Gasteiger partial charge in [0.05, 0.1) is 11.0 Å². The van der Waals surface area contributed by atoms with E-state index in [0.29, 0.717) is 12.0 Å². The Bertz CT molecular complexity index is 871. The number of piperidine rings is 1. The van der Waals surface area contributed by atoms with Crippen LogP contribution in [0, 0.1) is 12.8 Å². The molecule has 1 amide bonds. The van der Waals surface area contributed by atoms with Gasteiger partial charge in [0.2, 0.25) is 0 Å². The third-order valence-corrected chi connectivity index (χ3v) is 8.35. The first-order valence-corrected chi connectivity index (χ1v) is 12.8. The van der Waals surface area contributed by atoms with Crippen molar-refractivity contribution in [3.8, 4) is 0 Å². The van der Waals surface area contributed by atoms with Crippen molar-refractivity contribution < 1.29 is 9.53 Å². The van der Waals surface area contributed by atoms with E-state index in [1.54, 1.807) is 11.3 Å². The normalized spacial score (nSPS) is 22.7. The molecule has 0 saturated carbocycles. The zero-order chi connectivity index (χ0) is 21.2. The number of ether oxygens (including phenoxy) is 1. The van der Waals surface area contributed by atoms with Crippen LogP contribution in [0.15, 0.2) is 36.4 Å². The van der Waals surface area contributed by atoms with Gasteiger partial charge in [-0.05, 0) is 87.7 Å². The van der Waals surface area contributed by atoms with Gasteiger partial charge in [-0.3, -0.25) is 9.69 Å². The Hall–Kier alpha value is -1.69. The molecule has 2 aromatic rings. The maximum atomic E-state index is 13.3. The van der Waals surface area contributed by atoms with Crippen LogP contribution in [0.25, 0.3) is 0 Å². The van der Waals surface area contributed by atoms with Gasteiger partial charge in [0, 0.05) is 30.6 Å². The minimum absolute atomic E-state index is 0.197. The van der Waals surface area contributed by atoms with Crippen LogP contribution in [0.4, 0.5) is 0 Å². The minimum Gasteiger partial charge on any atom is -0.376 e. The Morgan fingerprint density at radius 1 is 1.06 bits per heavy atom. The van der Waals surface area contributed by atoms with Gasteiger partial charge in [0.1, 0.15) is 0 Å². The van der Waals surface area contributed by atoms with E-state index in [1.807, 2.05) is 6.07 Å². The largest absolute Gasteiger partial charge is 0.376 e. The summed E-state index contributed by atoms with van der Waals surface area (Å²) < 4.78 is 5.88. The summed E-state index contributed by atoms with van der Waals surface area (Å²) in [5.74, 6) is 0.786. The summed E-state index contributed by atoms with van der Waals surface area (Å²) in [6.07, 6.45) is 7.17. The molecule has 31 heavy (non-hydrogen) atoms. The summed E-state index contributed by atoms with van der Waals surface area (Å²) in [6, 6.07) is 13.6. The van der Waals surface area contributed by atoms with E-state index < -0.39 is 0 Å². The highest BCUT2D eigenvalue weighted by molar-refractivity contribution is 7.13.